The van der Waals surface area contributed by atoms with Crippen molar-refractivity contribution in [3.63, 3.8) is 0 Å². The normalized spacial score (nSPS) is 17.0. The Hall–Kier alpha value is -3.27. The Morgan fingerprint density at radius 1 is 1.25 bits per heavy atom. The zero-order valence-electron chi connectivity index (χ0n) is 17.2. The third kappa shape index (κ3) is 3.97. The summed E-state index contributed by atoms with van der Waals surface area (Å²) >= 11 is 0. The molecule has 4 rings (SSSR count). The number of aliphatic hydroxyl groups is 1. The molecule has 10 heteroatoms. The molecule has 1 fully saturated rings. The Labute approximate surface area is 181 Å². The van der Waals surface area contributed by atoms with Gasteiger partial charge < -0.3 is 10.4 Å². The average molecular weight is 446 g/mol. The van der Waals surface area contributed by atoms with Crippen LogP contribution in [-0.4, -0.2) is 31.4 Å². The van der Waals surface area contributed by atoms with Crippen molar-refractivity contribution in [1.82, 2.24) is 19.9 Å². The highest BCUT2D eigenvalue weighted by Crippen LogP contribution is 2.38. The van der Waals surface area contributed by atoms with Crippen molar-refractivity contribution in [1.29, 1.82) is 0 Å². The van der Waals surface area contributed by atoms with E-state index in [4.69, 9.17) is 0 Å². The maximum absolute atomic E-state index is 14.5. The molecule has 3 aromatic rings. The minimum Gasteiger partial charge on any atom is -0.385 e. The second-order valence-corrected chi connectivity index (χ2v) is 7.99. The highest BCUT2D eigenvalue weighted by atomic mass is 19.3. The number of amides is 1. The van der Waals surface area contributed by atoms with E-state index in [1.54, 1.807) is 0 Å². The largest absolute Gasteiger partial charge is 0.385 e. The molecule has 0 unspecified atom stereocenters. The number of ketones is 1. The molecule has 0 radical (unpaired) electrons. The number of benzene rings is 1. The minimum atomic E-state index is -2.97. The molecule has 1 atom stereocenters. The molecule has 1 aliphatic rings. The zero-order valence-corrected chi connectivity index (χ0v) is 17.2. The maximum Gasteiger partial charge on any atom is 0.266 e. The van der Waals surface area contributed by atoms with E-state index in [1.165, 1.54) is 42.2 Å². The molecular weight excluding hydrogens is 425 g/mol. The summed E-state index contributed by atoms with van der Waals surface area (Å²) in [4.78, 5) is 28.7. The maximum atomic E-state index is 14.5. The number of alkyl halides is 2. The SMILES string of the molecule is C[C@@H](NC(=O)c1cc(C2(O)CCC(=O)CC2)c2ncnn2c1)c1cccc(C(F)F)c1F. The van der Waals surface area contributed by atoms with Gasteiger partial charge in [0, 0.05) is 30.2 Å². The van der Waals surface area contributed by atoms with Gasteiger partial charge in [-0.25, -0.2) is 22.7 Å². The van der Waals surface area contributed by atoms with Crippen LogP contribution in [0.15, 0.2) is 36.8 Å². The summed E-state index contributed by atoms with van der Waals surface area (Å²) in [6.45, 7) is 1.49. The summed E-state index contributed by atoms with van der Waals surface area (Å²) in [5, 5.41) is 17.8. The standard InChI is InChI=1S/C22H21F3N4O3/c1-12(15-3-2-4-16(18(15)23)19(24)25)28-21(31)13-9-17(20-26-11-27-29(20)10-13)22(32)7-5-14(30)6-8-22/h2-4,9-12,19,32H,5-8H2,1H3,(H,28,31)/t12-/m1/s1. The summed E-state index contributed by atoms with van der Waals surface area (Å²) in [5.74, 6) is -1.61. The van der Waals surface area contributed by atoms with Crippen LogP contribution in [0.4, 0.5) is 13.2 Å². The third-order valence-corrected chi connectivity index (χ3v) is 5.88. The Morgan fingerprint density at radius 3 is 2.62 bits per heavy atom. The molecule has 2 N–H and O–H groups in total. The molecule has 1 amide bonds. The Morgan fingerprint density at radius 2 is 1.94 bits per heavy atom. The van der Waals surface area contributed by atoms with E-state index in [0.717, 1.165) is 6.07 Å². The monoisotopic (exact) mass is 446 g/mol. The van der Waals surface area contributed by atoms with Crippen molar-refractivity contribution >= 4 is 17.3 Å². The van der Waals surface area contributed by atoms with Gasteiger partial charge in [-0.2, -0.15) is 5.10 Å². The summed E-state index contributed by atoms with van der Waals surface area (Å²) in [7, 11) is 0. The molecule has 1 saturated carbocycles. The molecule has 0 saturated heterocycles. The van der Waals surface area contributed by atoms with Crippen LogP contribution in [0.1, 0.15) is 72.1 Å². The van der Waals surface area contributed by atoms with Gasteiger partial charge in [-0.3, -0.25) is 9.59 Å². The van der Waals surface area contributed by atoms with E-state index < -0.39 is 35.4 Å². The Bertz CT molecular complexity index is 1180. The van der Waals surface area contributed by atoms with E-state index in [9.17, 15) is 27.9 Å². The highest BCUT2D eigenvalue weighted by molar-refractivity contribution is 5.95. The number of rotatable bonds is 5. The van der Waals surface area contributed by atoms with Gasteiger partial charge in [0.25, 0.3) is 12.3 Å². The van der Waals surface area contributed by atoms with Crippen molar-refractivity contribution in [3.05, 3.63) is 64.9 Å². The molecule has 32 heavy (non-hydrogen) atoms. The van der Waals surface area contributed by atoms with Gasteiger partial charge in [-0.15, -0.1) is 0 Å². The molecule has 0 bridgehead atoms. The van der Waals surface area contributed by atoms with Crippen LogP contribution in [-0.2, 0) is 10.4 Å². The van der Waals surface area contributed by atoms with Crippen molar-refractivity contribution in [3.8, 4) is 0 Å². The first kappa shape index (κ1) is 21.9. The zero-order chi connectivity index (χ0) is 23.0. The second kappa shape index (κ2) is 8.34. The molecule has 1 aromatic carbocycles. The summed E-state index contributed by atoms with van der Waals surface area (Å²) in [6.07, 6.45) is 0.540. The first-order chi connectivity index (χ1) is 15.2. The van der Waals surface area contributed by atoms with Crippen molar-refractivity contribution < 1.29 is 27.9 Å². The summed E-state index contributed by atoms with van der Waals surface area (Å²) < 4.78 is 41.8. The third-order valence-electron chi connectivity index (χ3n) is 5.88. The molecular formula is C22H21F3N4O3. The van der Waals surface area contributed by atoms with Crippen LogP contribution < -0.4 is 5.32 Å². The predicted octanol–water partition coefficient (Wildman–Crippen LogP) is 3.63. The van der Waals surface area contributed by atoms with E-state index in [2.05, 4.69) is 15.4 Å². The smallest absolute Gasteiger partial charge is 0.266 e. The topological polar surface area (TPSA) is 96.6 Å². The molecule has 2 aromatic heterocycles. The van der Waals surface area contributed by atoms with Crippen LogP contribution in [0.25, 0.3) is 5.65 Å². The fraction of sp³-hybridized carbons (Fsp3) is 0.364. The Balaban J connectivity index is 1.65. The molecule has 1 aliphatic carbocycles. The lowest BCUT2D eigenvalue weighted by molar-refractivity contribution is -0.125. The van der Waals surface area contributed by atoms with Crippen LogP contribution in [0, 0.1) is 5.82 Å². The van der Waals surface area contributed by atoms with E-state index in [0.29, 0.717) is 11.2 Å². The van der Waals surface area contributed by atoms with E-state index >= 15 is 0 Å². The van der Waals surface area contributed by atoms with Crippen LogP contribution in [0.3, 0.4) is 0 Å². The molecule has 0 spiro atoms. The van der Waals surface area contributed by atoms with Crippen molar-refractivity contribution in [2.75, 3.05) is 0 Å². The molecule has 7 nitrogen and oxygen atoms in total. The second-order valence-electron chi connectivity index (χ2n) is 7.99. The number of nitrogens with zero attached hydrogens (tertiary/aromatic N) is 3. The number of nitrogens with one attached hydrogen (secondary N) is 1. The number of Topliss-reactive ketones (excluding diaryl/α,β-unsaturated/α-hetero) is 1. The average Bonchev–Trinajstić information content (AvgIpc) is 3.23. The minimum absolute atomic E-state index is 0.0583. The van der Waals surface area contributed by atoms with Crippen LogP contribution >= 0.6 is 0 Å². The fourth-order valence-corrected chi connectivity index (χ4v) is 4.03. The van der Waals surface area contributed by atoms with Crippen molar-refractivity contribution in [2.24, 2.45) is 0 Å². The lowest BCUT2D eigenvalue weighted by Crippen LogP contribution is -2.33. The molecule has 168 valence electrons. The number of carbonyl (C=O) groups is 2. The number of halogens is 3. The fourth-order valence-electron chi connectivity index (χ4n) is 4.03. The number of aromatic nitrogens is 3. The lowest BCUT2D eigenvalue weighted by Gasteiger charge is -2.32. The van der Waals surface area contributed by atoms with Gasteiger partial charge in [0.05, 0.1) is 22.8 Å². The predicted molar refractivity (Wildman–Crippen MR) is 108 cm³/mol. The van der Waals surface area contributed by atoms with Crippen molar-refractivity contribution in [2.45, 2.75) is 50.7 Å². The van der Waals surface area contributed by atoms with E-state index in [-0.39, 0.29) is 42.6 Å². The van der Waals surface area contributed by atoms with Gasteiger partial charge in [-0.1, -0.05) is 18.2 Å². The number of carbonyl (C=O) groups excluding carboxylic acids is 2. The highest BCUT2D eigenvalue weighted by Gasteiger charge is 2.37. The van der Waals surface area contributed by atoms with Gasteiger partial charge in [0.15, 0.2) is 5.65 Å². The van der Waals surface area contributed by atoms with Gasteiger partial charge in [-0.05, 0) is 25.8 Å². The van der Waals surface area contributed by atoms with Gasteiger partial charge in [0.2, 0.25) is 0 Å². The number of hydrogen-bond donors (Lipinski definition) is 2. The van der Waals surface area contributed by atoms with Crippen LogP contribution in [0.2, 0.25) is 0 Å². The lowest BCUT2D eigenvalue weighted by atomic mass is 9.79. The quantitative estimate of drug-likeness (QED) is 0.624. The molecule has 0 aliphatic heterocycles. The van der Waals surface area contributed by atoms with Gasteiger partial charge >= 0.3 is 0 Å². The number of pyridine rings is 1. The number of fused-ring (bicyclic) bond motifs is 1. The first-order valence-electron chi connectivity index (χ1n) is 10.1. The first-order valence-corrected chi connectivity index (χ1v) is 10.1. The van der Waals surface area contributed by atoms with Crippen LogP contribution in [0.5, 0.6) is 0 Å². The Kier molecular flexibility index (Phi) is 5.72. The van der Waals surface area contributed by atoms with E-state index in [1.807, 2.05) is 0 Å². The van der Waals surface area contributed by atoms with Gasteiger partial charge in [0.1, 0.15) is 17.9 Å². The summed E-state index contributed by atoms with van der Waals surface area (Å²) in [5.41, 5.74) is -1.29. The molecule has 2 heterocycles. The summed E-state index contributed by atoms with van der Waals surface area (Å²) in [6, 6.07) is 4.22. The number of hydrogen-bond acceptors (Lipinski definition) is 5.